The number of thiophene rings is 1. The van der Waals surface area contributed by atoms with Gasteiger partial charge in [0.25, 0.3) is 5.56 Å². The number of aryl methyl sites for hydroxylation is 2. The van der Waals surface area contributed by atoms with Crippen molar-refractivity contribution in [2.45, 2.75) is 56.0 Å². The molecule has 30 heavy (non-hydrogen) atoms. The summed E-state index contributed by atoms with van der Waals surface area (Å²) in [5, 5.41) is 3.82. The number of hydrogen-bond donors (Lipinski definition) is 1. The smallest absolute Gasteiger partial charge is 0.262 e. The van der Waals surface area contributed by atoms with Crippen LogP contribution in [0.25, 0.3) is 10.2 Å². The monoisotopic (exact) mass is 445 g/mol. The zero-order chi connectivity index (χ0) is 21.4. The standard InChI is InChI=1S/C22H24FN3O2S2/c1-12(14-8-10-15(23)11-9-14)24-19(27)13(2)29-22-25-20-18(21(28)26(22)3)16-6-4-5-7-17(16)30-20/h8-13H,4-7H2,1-3H3,(H,24,27). The Morgan fingerprint density at radius 2 is 1.93 bits per heavy atom. The maximum atomic E-state index is 13.1. The van der Waals surface area contributed by atoms with E-state index in [1.54, 1.807) is 42.0 Å². The molecule has 2 unspecified atom stereocenters. The van der Waals surface area contributed by atoms with Crippen molar-refractivity contribution in [3.8, 4) is 0 Å². The molecule has 3 aromatic rings. The molecule has 1 amide bonds. The highest BCUT2D eigenvalue weighted by atomic mass is 32.2. The average Bonchev–Trinajstić information content (AvgIpc) is 3.10. The third kappa shape index (κ3) is 4.03. The highest BCUT2D eigenvalue weighted by molar-refractivity contribution is 8.00. The van der Waals surface area contributed by atoms with Crippen LogP contribution in [-0.4, -0.2) is 20.7 Å². The second-order valence-electron chi connectivity index (χ2n) is 7.69. The first-order valence-electron chi connectivity index (χ1n) is 10.1. The molecule has 0 bridgehead atoms. The Hall–Kier alpha value is -2.19. The maximum Gasteiger partial charge on any atom is 0.262 e. The van der Waals surface area contributed by atoms with E-state index in [4.69, 9.17) is 4.98 Å². The van der Waals surface area contributed by atoms with E-state index in [0.29, 0.717) is 5.16 Å². The van der Waals surface area contributed by atoms with Gasteiger partial charge >= 0.3 is 0 Å². The molecule has 0 fully saturated rings. The summed E-state index contributed by atoms with van der Waals surface area (Å²) in [5.41, 5.74) is 1.97. The first-order chi connectivity index (χ1) is 14.3. The minimum absolute atomic E-state index is 0.0332. The predicted octanol–water partition coefficient (Wildman–Crippen LogP) is 4.37. The van der Waals surface area contributed by atoms with Gasteiger partial charge < -0.3 is 5.32 Å². The van der Waals surface area contributed by atoms with E-state index in [1.807, 2.05) is 6.92 Å². The van der Waals surface area contributed by atoms with E-state index >= 15 is 0 Å². The van der Waals surface area contributed by atoms with Gasteiger partial charge in [0.15, 0.2) is 5.16 Å². The Labute approximate surface area is 182 Å². The molecule has 2 aromatic heterocycles. The van der Waals surface area contributed by atoms with Crippen LogP contribution in [0.5, 0.6) is 0 Å². The van der Waals surface area contributed by atoms with Crippen LogP contribution in [0, 0.1) is 5.82 Å². The molecule has 0 radical (unpaired) electrons. The van der Waals surface area contributed by atoms with Gasteiger partial charge in [-0.1, -0.05) is 23.9 Å². The lowest BCUT2D eigenvalue weighted by Gasteiger charge is -2.18. The van der Waals surface area contributed by atoms with Crippen molar-refractivity contribution in [1.82, 2.24) is 14.9 Å². The molecule has 1 aliphatic rings. The summed E-state index contributed by atoms with van der Waals surface area (Å²) in [7, 11) is 1.72. The molecular weight excluding hydrogens is 421 g/mol. The van der Waals surface area contributed by atoms with Gasteiger partial charge in [-0.3, -0.25) is 14.2 Å². The number of hydrogen-bond acceptors (Lipinski definition) is 5. The molecule has 5 nitrogen and oxygen atoms in total. The molecule has 0 aliphatic heterocycles. The number of nitrogens with one attached hydrogen (secondary N) is 1. The summed E-state index contributed by atoms with van der Waals surface area (Å²) in [6, 6.07) is 5.84. The largest absolute Gasteiger partial charge is 0.349 e. The molecule has 0 saturated heterocycles. The van der Waals surface area contributed by atoms with Gasteiger partial charge in [0, 0.05) is 11.9 Å². The highest BCUT2D eigenvalue weighted by Gasteiger charge is 2.24. The summed E-state index contributed by atoms with van der Waals surface area (Å²) in [6.07, 6.45) is 4.23. The van der Waals surface area contributed by atoms with Crippen molar-refractivity contribution in [2.24, 2.45) is 7.05 Å². The molecule has 8 heteroatoms. The average molecular weight is 446 g/mol. The third-order valence-corrected chi connectivity index (χ3v) is 7.86. The van der Waals surface area contributed by atoms with Gasteiger partial charge in [-0.15, -0.1) is 11.3 Å². The number of carbonyl (C=O) groups is 1. The zero-order valence-corrected chi connectivity index (χ0v) is 18.8. The molecule has 1 aromatic carbocycles. The van der Waals surface area contributed by atoms with Gasteiger partial charge in [-0.05, 0) is 62.8 Å². The van der Waals surface area contributed by atoms with E-state index in [-0.39, 0.29) is 23.3 Å². The topological polar surface area (TPSA) is 64.0 Å². The lowest BCUT2D eigenvalue weighted by Crippen LogP contribution is -2.33. The number of aromatic nitrogens is 2. The van der Waals surface area contributed by atoms with Gasteiger partial charge in [0.05, 0.1) is 16.7 Å². The molecular formula is C22H24FN3O2S2. The number of halogens is 1. The number of benzene rings is 1. The summed E-state index contributed by atoms with van der Waals surface area (Å²) in [5.74, 6) is -0.463. The maximum absolute atomic E-state index is 13.1. The van der Waals surface area contributed by atoms with Crippen LogP contribution in [0.1, 0.15) is 48.7 Å². The number of thioether (sulfide) groups is 1. The molecule has 4 rings (SSSR count). The SMILES string of the molecule is CC(Sc1nc2sc3c(c2c(=O)n1C)CCCC3)C(=O)NC(C)c1ccc(F)cc1. The quantitative estimate of drug-likeness (QED) is 0.468. The van der Waals surface area contributed by atoms with Crippen LogP contribution >= 0.6 is 23.1 Å². The van der Waals surface area contributed by atoms with Crippen molar-refractivity contribution in [3.63, 3.8) is 0 Å². The molecule has 0 saturated carbocycles. The van der Waals surface area contributed by atoms with Crippen LogP contribution in [-0.2, 0) is 24.7 Å². The summed E-state index contributed by atoms with van der Waals surface area (Å²) < 4.78 is 14.7. The van der Waals surface area contributed by atoms with E-state index in [0.717, 1.165) is 41.5 Å². The number of amides is 1. The molecule has 2 atom stereocenters. The Bertz CT molecular complexity index is 1150. The normalized spacial score (nSPS) is 15.6. The third-order valence-electron chi connectivity index (χ3n) is 5.54. The fourth-order valence-electron chi connectivity index (χ4n) is 3.75. The Kier molecular flexibility index (Phi) is 5.97. The van der Waals surface area contributed by atoms with Crippen molar-refractivity contribution in [3.05, 3.63) is 56.4 Å². The lowest BCUT2D eigenvalue weighted by atomic mass is 9.97. The van der Waals surface area contributed by atoms with Crippen molar-refractivity contribution in [1.29, 1.82) is 0 Å². The molecule has 0 spiro atoms. The van der Waals surface area contributed by atoms with E-state index in [1.165, 1.54) is 34.3 Å². The molecule has 1 aliphatic carbocycles. The molecule has 2 heterocycles. The van der Waals surface area contributed by atoms with Crippen molar-refractivity contribution >= 4 is 39.2 Å². The number of rotatable bonds is 5. The van der Waals surface area contributed by atoms with E-state index in [2.05, 4.69) is 5.32 Å². The second kappa shape index (κ2) is 8.51. The summed E-state index contributed by atoms with van der Waals surface area (Å²) in [6.45, 7) is 3.66. The number of carbonyl (C=O) groups excluding carboxylic acids is 1. The minimum atomic E-state index is -0.432. The Morgan fingerprint density at radius 3 is 2.67 bits per heavy atom. The first kappa shape index (κ1) is 21.1. The van der Waals surface area contributed by atoms with Gasteiger partial charge in [0.1, 0.15) is 10.6 Å². The van der Waals surface area contributed by atoms with Crippen molar-refractivity contribution < 1.29 is 9.18 Å². The fourth-order valence-corrected chi connectivity index (χ4v) is 5.94. The van der Waals surface area contributed by atoms with Crippen LogP contribution < -0.4 is 10.9 Å². The predicted molar refractivity (Wildman–Crippen MR) is 120 cm³/mol. The van der Waals surface area contributed by atoms with Gasteiger partial charge in [-0.2, -0.15) is 0 Å². The van der Waals surface area contributed by atoms with Gasteiger partial charge in [-0.25, -0.2) is 9.37 Å². The highest BCUT2D eigenvalue weighted by Crippen LogP contribution is 2.35. The van der Waals surface area contributed by atoms with Gasteiger partial charge in [0.2, 0.25) is 5.91 Å². The molecule has 158 valence electrons. The number of fused-ring (bicyclic) bond motifs is 3. The minimum Gasteiger partial charge on any atom is -0.349 e. The van der Waals surface area contributed by atoms with Crippen LogP contribution in [0.3, 0.4) is 0 Å². The van der Waals surface area contributed by atoms with E-state index in [9.17, 15) is 14.0 Å². The molecule has 1 N–H and O–H groups in total. The van der Waals surface area contributed by atoms with Crippen LogP contribution in [0.2, 0.25) is 0 Å². The van der Waals surface area contributed by atoms with Crippen LogP contribution in [0.4, 0.5) is 4.39 Å². The number of nitrogens with zero attached hydrogens (tertiary/aromatic N) is 2. The first-order valence-corrected chi connectivity index (χ1v) is 11.8. The van der Waals surface area contributed by atoms with Crippen LogP contribution in [0.15, 0.2) is 34.2 Å². The Balaban J connectivity index is 1.53. The van der Waals surface area contributed by atoms with E-state index < -0.39 is 5.25 Å². The summed E-state index contributed by atoms with van der Waals surface area (Å²) >= 11 is 2.89. The second-order valence-corrected chi connectivity index (χ2v) is 10.1. The summed E-state index contributed by atoms with van der Waals surface area (Å²) in [4.78, 5) is 32.5. The fraction of sp³-hybridized carbons (Fsp3) is 0.409. The zero-order valence-electron chi connectivity index (χ0n) is 17.2. The Morgan fingerprint density at radius 1 is 1.23 bits per heavy atom. The van der Waals surface area contributed by atoms with Crippen molar-refractivity contribution in [2.75, 3.05) is 0 Å². The lowest BCUT2D eigenvalue weighted by molar-refractivity contribution is -0.120.